The van der Waals surface area contributed by atoms with Crippen LogP contribution in [0.15, 0.2) is 23.3 Å². The average Bonchev–Trinajstić information content (AvgIpc) is 2.21. The van der Waals surface area contributed by atoms with Crippen LogP contribution in [0.5, 0.6) is 5.75 Å². The van der Waals surface area contributed by atoms with E-state index < -0.39 is 0 Å². The van der Waals surface area contributed by atoms with E-state index >= 15 is 0 Å². The van der Waals surface area contributed by atoms with E-state index in [1.54, 1.807) is 18.3 Å². The molecule has 0 radical (unpaired) electrons. The summed E-state index contributed by atoms with van der Waals surface area (Å²) in [6, 6.07) is 4.58. The second-order valence-corrected chi connectivity index (χ2v) is 2.66. The third-order valence-corrected chi connectivity index (χ3v) is 1.64. The van der Waals surface area contributed by atoms with Gasteiger partial charge in [0.15, 0.2) is 11.6 Å². The highest BCUT2D eigenvalue weighted by Crippen LogP contribution is 2.16. The zero-order chi connectivity index (χ0) is 10.4. The molecule has 0 heterocycles. The molecule has 0 bridgehead atoms. The molecule has 4 heteroatoms. The molecule has 76 valence electrons. The topological polar surface area (TPSA) is 33.6 Å². The van der Waals surface area contributed by atoms with Crippen LogP contribution in [0.4, 0.5) is 4.39 Å². The molecular formula is C10H13FN2O. The van der Waals surface area contributed by atoms with Crippen molar-refractivity contribution in [3.8, 4) is 5.75 Å². The maximum atomic E-state index is 13.0. The number of nitrogens with one attached hydrogen (secondary N) is 1. The fourth-order valence-electron chi connectivity index (χ4n) is 0.968. The molecule has 0 spiro atoms. The van der Waals surface area contributed by atoms with Crippen molar-refractivity contribution in [1.29, 1.82) is 0 Å². The molecule has 0 aromatic heterocycles. The lowest BCUT2D eigenvalue weighted by atomic mass is 10.2. The number of halogens is 1. The normalized spacial score (nSPS) is 10.5. The van der Waals surface area contributed by atoms with Crippen LogP contribution in [0.25, 0.3) is 0 Å². The lowest BCUT2D eigenvalue weighted by Crippen LogP contribution is -2.03. The average molecular weight is 196 g/mol. The molecule has 1 N–H and O–H groups in total. The first-order valence-corrected chi connectivity index (χ1v) is 4.37. The van der Waals surface area contributed by atoms with Crippen LogP contribution >= 0.6 is 0 Å². The summed E-state index contributed by atoms with van der Waals surface area (Å²) < 4.78 is 17.8. The van der Waals surface area contributed by atoms with Gasteiger partial charge in [-0.3, -0.25) is 0 Å². The van der Waals surface area contributed by atoms with Crippen LogP contribution in [0.1, 0.15) is 12.5 Å². The molecule has 0 aliphatic heterocycles. The highest BCUT2D eigenvalue weighted by atomic mass is 19.1. The Labute approximate surface area is 82.6 Å². The molecule has 0 fully saturated rings. The highest BCUT2D eigenvalue weighted by molar-refractivity contribution is 5.80. The summed E-state index contributed by atoms with van der Waals surface area (Å²) >= 11 is 0. The van der Waals surface area contributed by atoms with Crippen molar-refractivity contribution in [3.05, 3.63) is 29.6 Å². The predicted octanol–water partition coefficient (Wildman–Crippen LogP) is 1.78. The molecule has 0 unspecified atom stereocenters. The number of methoxy groups -OCH3 is 1. The van der Waals surface area contributed by atoms with Gasteiger partial charge in [0.2, 0.25) is 0 Å². The second kappa shape index (κ2) is 5.21. The van der Waals surface area contributed by atoms with Crippen molar-refractivity contribution in [2.75, 3.05) is 13.7 Å². The molecule has 0 saturated carbocycles. The van der Waals surface area contributed by atoms with E-state index in [0.29, 0.717) is 0 Å². The monoisotopic (exact) mass is 196 g/mol. The van der Waals surface area contributed by atoms with Gasteiger partial charge in [0, 0.05) is 6.54 Å². The molecule has 0 aliphatic carbocycles. The quantitative estimate of drug-likeness (QED) is 0.588. The van der Waals surface area contributed by atoms with Gasteiger partial charge in [-0.05, 0) is 24.6 Å². The van der Waals surface area contributed by atoms with Crippen molar-refractivity contribution < 1.29 is 9.13 Å². The number of nitrogens with zero attached hydrogens (tertiary/aromatic N) is 1. The molecule has 0 amide bonds. The molecule has 1 rings (SSSR count). The fraction of sp³-hybridized carbons (Fsp3) is 0.300. The van der Waals surface area contributed by atoms with Crippen LogP contribution in [-0.4, -0.2) is 19.9 Å². The Hall–Kier alpha value is -1.58. The largest absolute Gasteiger partial charge is 0.494 e. The molecule has 0 aliphatic rings. The van der Waals surface area contributed by atoms with E-state index in [4.69, 9.17) is 4.74 Å². The minimum Gasteiger partial charge on any atom is -0.494 e. The number of benzene rings is 1. The van der Waals surface area contributed by atoms with Crippen LogP contribution in [0.3, 0.4) is 0 Å². The van der Waals surface area contributed by atoms with E-state index in [2.05, 4.69) is 10.5 Å². The molecule has 0 atom stereocenters. The number of hydrogen-bond donors (Lipinski definition) is 1. The predicted molar refractivity (Wildman–Crippen MR) is 54.2 cm³/mol. The van der Waals surface area contributed by atoms with Crippen molar-refractivity contribution in [2.24, 2.45) is 5.10 Å². The zero-order valence-electron chi connectivity index (χ0n) is 8.25. The highest BCUT2D eigenvalue weighted by Gasteiger charge is 2.01. The minimum atomic E-state index is -0.367. The summed E-state index contributed by atoms with van der Waals surface area (Å²) in [7, 11) is 1.43. The molecule has 0 saturated heterocycles. The van der Waals surface area contributed by atoms with Crippen molar-refractivity contribution >= 4 is 6.21 Å². The lowest BCUT2D eigenvalue weighted by molar-refractivity contribution is 0.386. The van der Waals surface area contributed by atoms with Crippen molar-refractivity contribution in [2.45, 2.75) is 6.92 Å². The summed E-state index contributed by atoms with van der Waals surface area (Å²) in [6.45, 7) is 2.71. The SMILES string of the molecule is CCN/N=C/c1ccc(F)c(OC)c1. The Morgan fingerprint density at radius 3 is 3.00 bits per heavy atom. The summed E-state index contributed by atoms with van der Waals surface area (Å²) in [5.74, 6) is -0.140. The smallest absolute Gasteiger partial charge is 0.165 e. The zero-order valence-corrected chi connectivity index (χ0v) is 8.25. The minimum absolute atomic E-state index is 0.227. The molecule has 1 aromatic rings. The first-order chi connectivity index (χ1) is 6.77. The van der Waals surface area contributed by atoms with Gasteiger partial charge in [-0.15, -0.1) is 0 Å². The van der Waals surface area contributed by atoms with Gasteiger partial charge >= 0.3 is 0 Å². The van der Waals surface area contributed by atoms with Crippen molar-refractivity contribution in [1.82, 2.24) is 5.43 Å². The van der Waals surface area contributed by atoms with Gasteiger partial charge < -0.3 is 10.2 Å². The van der Waals surface area contributed by atoms with Gasteiger partial charge in [0.05, 0.1) is 13.3 Å². The summed E-state index contributed by atoms with van der Waals surface area (Å²) in [5, 5.41) is 3.91. The van der Waals surface area contributed by atoms with Gasteiger partial charge in [-0.2, -0.15) is 5.10 Å². The van der Waals surface area contributed by atoms with Gasteiger partial charge in [0.25, 0.3) is 0 Å². The van der Waals surface area contributed by atoms with E-state index in [-0.39, 0.29) is 11.6 Å². The summed E-state index contributed by atoms with van der Waals surface area (Å²) in [6.07, 6.45) is 1.62. The van der Waals surface area contributed by atoms with Gasteiger partial charge in [-0.1, -0.05) is 6.07 Å². The maximum absolute atomic E-state index is 13.0. The Bertz CT molecular complexity index is 326. The van der Waals surface area contributed by atoms with Crippen LogP contribution in [0.2, 0.25) is 0 Å². The first-order valence-electron chi connectivity index (χ1n) is 4.37. The molecule has 14 heavy (non-hydrogen) atoms. The van der Waals surface area contributed by atoms with Crippen LogP contribution in [0, 0.1) is 5.82 Å². The first kappa shape index (κ1) is 10.5. The standard InChI is InChI=1S/C10H13FN2O/c1-3-12-13-7-8-4-5-9(11)10(6-8)14-2/h4-7,12H,3H2,1-2H3/b13-7+. The number of rotatable bonds is 4. The molecular weight excluding hydrogens is 183 g/mol. The Morgan fingerprint density at radius 2 is 2.36 bits per heavy atom. The molecule has 1 aromatic carbocycles. The summed E-state index contributed by atoms with van der Waals surface area (Å²) in [5.41, 5.74) is 3.58. The van der Waals surface area contributed by atoms with Crippen LogP contribution < -0.4 is 10.2 Å². The Balaban J connectivity index is 2.79. The lowest BCUT2D eigenvalue weighted by Gasteiger charge is -2.01. The Morgan fingerprint density at radius 1 is 1.57 bits per heavy atom. The Kier molecular flexibility index (Phi) is 3.91. The van der Waals surface area contributed by atoms with Gasteiger partial charge in [-0.25, -0.2) is 4.39 Å². The number of hydrazone groups is 1. The number of hydrogen-bond acceptors (Lipinski definition) is 3. The molecule has 3 nitrogen and oxygen atoms in total. The maximum Gasteiger partial charge on any atom is 0.165 e. The second-order valence-electron chi connectivity index (χ2n) is 2.66. The van der Waals surface area contributed by atoms with E-state index in [1.807, 2.05) is 6.92 Å². The van der Waals surface area contributed by atoms with E-state index in [9.17, 15) is 4.39 Å². The van der Waals surface area contributed by atoms with E-state index in [1.165, 1.54) is 13.2 Å². The fourth-order valence-corrected chi connectivity index (χ4v) is 0.968. The van der Waals surface area contributed by atoms with Gasteiger partial charge in [0.1, 0.15) is 0 Å². The third kappa shape index (κ3) is 2.73. The van der Waals surface area contributed by atoms with Crippen LogP contribution in [-0.2, 0) is 0 Å². The van der Waals surface area contributed by atoms with Crippen molar-refractivity contribution in [3.63, 3.8) is 0 Å². The van der Waals surface area contributed by atoms with E-state index in [0.717, 1.165) is 12.1 Å². The summed E-state index contributed by atoms with van der Waals surface area (Å²) in [4.78, 5) is 0. The number of ether oxygens (including phenoxy) is 1. The third-order valence-electron chi connectivity index (χ3n) is 1.64.